The molecule has 192 valence electrons. The summed E-state index contributed by atoms with van der Waals surface area (Å²) in [6.07, 6.45) is -10.3. The summed E-state index contributed by atoms with van der Waals surface area (Å²) in [7, 11) is 0. The molecule has 0 spiro atoms. The standard InChI is InChI=1S/C25H28F4O6/c26-18-7-4-15(23-22(33)21(32)20(31)19(12-30)35-23)11-16(18)10-14-2-5-17(6-3-14)34-13-24(8-1-9-24)25(27,28)29/h2-7,11,19-23,30-33H,1,8-10,12-13H2/t19-,20-,21+,22-,23+/m1/s1. The smallest absolute Gasteiger partial charge is 0.397 e. The van der Waals surface area contributed by atoms with Gasteiger partial charge in [-0.3, -0.25) is 0 Å². The Kier molecular flexibility index (Phi) is 7.40. The zero-order valence-corrected chi connectivity index (χ0v) is 18.8. The van der Waals surface area contributed by atoms with E-state index in [-0.39, 0.29) is 24.8 Å². The van der Waals surface area contributed by atoms with Gasteiger partial charge in [-0.2, -0.15) is 13.2 Å². The van der Waals surface area contributed by atoms with E-state index < -0.39 is 61.1 Å². The average Bonchev–Trinajstić information content (AvgIpc) is 2.79. The van der Waals surface area contributed by atoms with E-state index in [0.717, 1.165) is 0 Å². The Morgan fingerprint density at radius 1 is 0.971 bits per heavy atom. The quantitative estimate of drug-likeness (QED) is 0.437. The highest BCUT2D eigenvalue weighted by atomic mass is 19.4. The number of halogens is 4. The van der Waals surface area contributed by atoms with Crippen LogP contribution in [0.25, 0.3) is 0 Å². The van der Waals surface area contributed by atoms with Crippen LogP contribution in [0.1, 0.15) is 42.1 Å². The number of aliphatic hydroxyl groups is 4. The van der Waals surface area contributed by atoms with Crippen molar-refractivity contribution in [2.45, 2.75) is 62.4 Å². The molecule has 1 aliphatic carbocycles. The first-order valence-corrected chi connectivity index (χ1v) is 11.4. The van der Waals surface area contributed by atoms with Crippen LogP contribution in [-0.2, 0) is 11.2 Å². The molecule has 6 nitrogen and oxygen atoms in total. The maximum absolute atomic E-state index is 14.5. The first kappa shape index (κ1) is 25.8. The van der Waals surface area contributed by atoms with Gasteiger partial charge in [-0.25, -0.2) is 4.39 Å². The zero-order chi connectivity index (χ0) is 25.4. The number of rotatable bonds is 7. The number of aliphatic hydroxyl groups excluding tert-OH is 4. The minimum absolute atomic E-state index is 0.0542. The molecule has 1 heterocycles. The van der Waals surface area contributed by atoms with Crippen LogP contribution >= 0.6 is 0 Å². The fourth-order valence-corrected chi connectivity index (χ4v) is 4.54. The average molecular weight is 500 g/mol. The molecule has 5 atom stereocenters. The van der Waals surface area contributed by atoms with Crippen LogP contribution in [0.4, 0.5) is 17.6 Å². The largest absolute Gasteiger partial charge is 0.493 e. The maximum Gasteiger partial charge on any atom is 0.397 e. The second kappa shape index (κ2) is 10.0. The van der Waals surface area contributed by atoms with Gasteiger partial charge in [0.05, 0.1) is 12.0 Å². The topological polar surface area (TPSA) is 99.4 Å². The molecule has 2 aliphatic rings. The molecule has 0 aromatic heterocycles. The Morgan fingerprint density at radius 2 is 1.66 bits per heavy atom. The molecule has 1 saturated carbocycles. The normalized spacial score (nSPS) is 28.4. The second-order valence-corrected chi connectivity index (χ2v) is 9.34. The van der Waals surface area contributed by atoms with Crippen LogP contribution in [0.2, 0.25) is 0 Å². The van der Waals surface area contributed by atoms with E-state index in [2.05, 4.69) is 0 Å². The summed E-state index contributed by atoms with van der Waals surface area (Å²) in [5, 5.41) is 39.7. The van der Waals surface area contributed by atoms with Crippen molar-refractivity contribution >= 4 is 0 Å². The molecule has 4 rings (SSSR count). The Hall–Kier alpha value is -2.24. The first-order valence-electron chi connectivity index (χ1n) is 11.4. The lowest BCUT2D eigenvalue weighted by Gasteiger charge is -2.42. The lowest BCUT2D eigenvalue weighted by molar-refractivity contribution is -0.259. The molecule has 4 N–H and O–H groups in total. The molecular formula is C25H28F4O6. The fraction of sp³-hybridized carbons (Fsp3) is 0.520. The third kappa shape index (κ3) is 5.17. The van der Waals surface area contributed by atoms with Gasteiger partial charge in [0.2, 0.25) is 0 Å². The van der Waals surface area contributed by atoms with Gasteiger partial charge in [0.1, 0.15) is 48.7 Å². The van der Waals surface area contributed by atoms with Gasteiger partial charge >= 0.3 is 6.18 Å². The van der Waals surface area contributed by atoms with Crippen molar-refractivity contribution in [2.24, 2.45) is 5.41 Å². The van der Waals surface area contributed by atoms with E-state index in [1.54, 1.807) is 12.1 Å². The Balaban J connectivity index is 1.44. The number of alkyl halides is 3. The van der Waals surface area contributed by atoms with Gasteiger partial charge in [0.25, 0.3) is 0 Å². The fourth-order valence-electron chi connectivity index (χ4n) is 4.54. The monoisotopic (exact) mass is 500 g/mol. The van der Waals surface area contributed by atoms with Crippen LogP contribution in [-0.4, -0.2) is 64.2 Å². The zero-order valence-electron chi connectivity index (χ0n) is 18.8. The number of ether oxygens (including phenoxy) is 2. The third-order valence-electron chi connectivity index (χ3n) is 7.04. The third-order valence-corrected chi connectivity index (χ3v) is 7.04. The first-order chi connectivity index (χ1) is 16.5. The van der Waals surface area contributed by atoms with Crippen molar-refractivity contribution in [3.63, 3.8) is 0 Å². The van der Waals surface area contributed by atoms with Gasteiger partial charge in [-0.1, -0.05) is 24.6 Å². The summed E-state index contributed by atoms with van der Waals surface area (Å²) in [6, 6.07) is 10.4. The SMILES string of the molecule is OC[C@H]1O[C@@H](c2ccc(F)c(Cc3ccc(OCC4(C(F)(F)F)CCC4)cc3)c2)[C@H](O)[C@@H](O)[C@@H]1O. The highest BCUT2D eigenvalue weighted by Gasteiger charge is 2.58. The van der Waals surface area contributed by atoms with E-state index >= 15 is 0 Å². The van der Waals surface area contributed by atoms with Crippen molar-refractivity contribution < 1.29 is 47.5 Å². The van der Waals surface area contributed by atoms with Crippen molar-refractivity contribution in [3.05, 3.63) is 65.0 Å². The van der Waals surface area contributed by atoms with Gasteiger partial charge in [-0.05, 0) is 53.8 Å². The molecule has 1 aliphatic heterocycles. The van der Waals surface area contributed by atoms with Crippen LogP contribution in [0.3, 0.4) is 0 Å². The Morgan fingerprint density at radius 3 is 2.23 bits per heavy atom. The second-order valence-electron chi connectivity index (χ2n) is 9.34. The molecule has 0 unspecified atom stereocenters. The molecule has 0 radical (unpaired) electrons. The van der Waals surface area contributed by atoms with Crippen LogP contribution in [0, 0.1) is 11.2 Å². The Bertz CT molecular complexity index is 1010. The van der Waals surface area contributed by atoms with Crippen molar-refractivity contribution in [1.29, 1.82) is 0 Å². The van der Waals surface area contributed by atoms with Gasteiger partial charge in [0.15, 0.2) is 0 Å². The number of hydrogen-bond acceptors (Lipinski definition) is 6. The minimum Gasteiger partial charge on any atom is -0.493 e. The van der Waals surface area contributed by atoms with E-state index in [0.29, 0.717) is 23.3 Å². The predicted molar refractivity (Wildman–Crippen MR) is 116 cm³/mol. The molecule has 0 bridgehead atoms. The molecule has 2 aromatic carbocycles. The summed E-state index contributed by atoms with van der Waals surface area (Å²) in [5.74, 6) is -0.226. The molecule has 2 fully saturated rings. The van der Waals surface area contributed by atoms with Gasteiger partial charge in [-0.15, -0.1) is 0 Å². The van der Waals surface area contributed by atoms with Crippen molar-refractivity contribution in [2.75, 3.05) is 13.2 Å². The minimum atomic E-state index is -4.31. The highest BCUT2D eigenvalue weighted by molar-refractivity contribution is 5.35. The van der Waals surface area contributed by atoms with E-state index in [4.69, 9.17) is 9.47 Å². The number of hydrogen-bond donors (Lipinski definition) is 4. The van der Waals surface area contributed by atoms with E-state index in [1.165, 1.54) is 30.3 Å². The molecule has 1 saturated heterocycles. The van der Waals surface area contributed by atoms with Crippen LogP contribution < -0.4 is 4.74 Å². The lowest BCUT2D eigenvalue weighted by Crippen LogP contribution is -2.55. The molecule has 10 heteroatoms. The molecule has 35 heavy (non-hydrogen) atoms. The Labute approximate surface area is 199 Å². The van der Waals surface area contributed by atoms with Gasteiger partial charge in [0, 0.05) is 6.42 Å². The summed E-state index contributed by atoms with van der Waals surface area (Å²) in [6.45, 7) is -1.01. The van der Waals surface area contributed by atoms with Crippen molar-refractivity contribution in [3.8, 4) is 5.75 Å². The molecular weight excluding hydrogens is 472 g/mol. The van der Waals surface area contributed by atoms with E-state index in [9.17, 15) is 38.0 Å². The molecule has 0 amide bonds. The summed E-state index contributed by atoms with van der Waals surface area (Å²) < 4.78 is 65.4. The van der Waals surface area contributed by atoms with Gasteiger partial charge < -0.3 is 29.9 Å². The highest BCUT2D eigenvalue weighted by Crippen LogP contribution is 2.53. The van der Waals surface area contributed by atoms with Crippen LogP contribution in [0.5, 0.6) is 5.75 Å². The summed E-state index contributed by atoms with van der Waals surface area (Å²) >= 11 is 0. The predicted octanol–water partition coefficient (Wildman–Crippen LogP) is 3.04. The summed E-state index contributed by atoms with van der Waals surface area (Å²) in [4.78, 5) is 0. The van der Waals surface area contributed by atoms with E-state index in [1.807, 2.05) is 0 Å². The number of benzene rings is 2. The van der Waals surface area contributed by atoms with Crippen molar-refractivity contribution in [1.82, 2.24) is 0 Å². The summed E-state index contributed by atoms with van der Waals surface area (Å²) in [5.41, 5.74) is -0.495. The lowest BCUT2D eigenvalue weighted by atomic mass is 9.69. The van der Waals surface area contributed by atoms with Crippen LogP contribution in [0.15, 0.2) is 42.5 Å². The molecule has 2 aromatic rings. The maximum atomic E-state index is 14.5.